The third kappa shape index (κ3) is 3.37. The van der Waals surface area contributed by atoms with Crippen LogP contribution in [0.2, 0.25) is 18.6 Å². The van der Waals surface area contributed by atoms with Crippen molar-refractivity contribution >= 4 is 8.07 Å². The van der Waals surface area contributed by atoms with Gasteiger partial charge in [0.1, 0.15) is 0 Å². The van der Waals surface area contributed by atoms with E-state index in [0.29, 0.717) is 0 Å². The van der Waals surface area contributed by atoms with E-state index in [0.717, 1.165) is 0 Å². The molecular formula is C11H26N2Si. The lowest BCUT2D eigenvalue weighted by Crippen LogP contribution is -2.51. The number of hydrogen-bond acceptors (Lipinski definition) is 2. The summed E-state index contributed by atoms with van der Waals surface area (Å²) in [5.74, 6) is 0. The monoisotopic (exact) mass is 214 g/mol. The second-order valence-electron chi connectivity index (χ2n) is 5.10. The summed E-state index contributed by atoms with van der Waals surface area (Å²) in [6, 6.07) is 2.88. The molecule has 3 heteroatoms. The second-order valence-corrected chi connectivity index (χ2v) is 10.4. The summed E-state index contributed by atoms with van der Waals surface area (Å²) in [7, 11) is 1.33. The van der Waals surface area contributed by atoms with Crippen LogP contribution in [0, 0.1) is 0 Å². The molecule has 1 heterocycles. The topological polar surface area (TPSA) is 6.48 Å². The Balaban J connectivity index is 2.36. The van der Waals surface area contributed by atoms with Gasteiger partial charge in [0.2, 0.25) is 0 Å². The Morgan fingerprint density at radius 1 is 1.00 bits per heavy atom. The van der Waals surface area contributed by atoms with Crippen LogP contribution in [-0.4, -0.2) is 57.3 Å². The largest absolute Gasteiger partial charge is 0.304 e. The van der Waals surface area contributed by atoms with E-state index in [1.54, 1.807) is 0 Å². The predicted molar refractivity (Wildman–Crippen MR) is 66.5 cm³/mol. The number of nitrogens with zero attached hydrogens (tertiary/aromatic N) is 2. The zero-order chi connectivity index (χ0) is 10.6. The van der Waals surface area contributed by atoms with E-state index in [2.05, 4.69) is 37.2 Å². The van der Waals surface area contributed by atoms with Crippen molar-refractivity contribution < 1.29 is 0 Å². The van der Waals surface area contributed by atoms with Crippen molar-refractivity contribution in [2.75, 3.05) is 39.4 Å². The van der Waals surface area contributed by atoms with Gasteiger partial charge in [-0.1, -0.05) is 32.5 Å². The number of piperazine rings is 1. The molecule has 1 fully saturated rings. The Morgan fingerprint density at radius 3 is 1.93 bits per heavy atom. The lowest BCUT2D eigenvalue weighted by Gasteiger charge is -2.37. The molecule has 1 aliphatic rings. The van der Waals surface area contributed by atoms with E-state index >= 15 is 0 Å². The van der Waals surface area contributed by atoms with Crippen LogP contribution in [0.5, 0.6) is 0 Å². The highest BCUT2D eigenvalue weighted by molar-refractivity contribution is 6.78. The normalized spacial score (nSPS) is 21.4. The minimum absolute atomic E-state index is 0.899. The summed E-state index contributed by atoms with van der Waals surface area (Å²) in [6.45, 7) is 12.4. The van der Waals surface area contributed by atoms with E-state index in [1.165, 1.54) is 44.4 Å². The van der Waals surface area contributed by atoms with Gasteiger partial charge >= 0.3 is 0 Å². The Bertz CT molecular complexity index is 161. The number of likely N-dealkylation sites (N-methyl/N-ethyl adjacent to an activating group) is 1. The molecule has 1 saturated heterocycles. The van der Waals surface area contributed by atoms with Crippen molar-refractivity contribution in [1.82, 2.24) is 9.80 Å². The van der Waals surface area contributed by atoms with Crippen LogP contribution in [-0.2, 0) is 0 Å². The first-order valence-electron chi connectivity index (χ1n) is 6.00. The number of hydrogen-bond donors (Lipinski definition) is 0. The molecule has 14 heavy (non-hydrogen) atoms. The standard InChI is InChI=1S/C11H26N2Si/c1-5-14(4,6-2)11-13-9-7-12(3)8-10-13/h5-11H2,1-4H3. The molecule has 1 rings (SSSR count). The van der Waals surface area contributed by atoms with Gasteiger partial charge < -0.3 is 9.80 Å². The maximum absolute atomic E-state index is 2.69. The van der Waals surface area contributed by atoms with Crippen molar-refractivity contribution in [3.8, 4) is 0 Å². The summed E-state index contributed by atoms with van der Waals surface area (Å²) in [5.41, 5.74) is 0. The van der Waals surface area contributed by atoms with Crippen LogP contribution in [0.1, 0.15) is 13.8 Å². The van der Waals surface area contributed by atoms with Gasteiger partial charge in [0, 0.05) is 26.2 Å². The predicted octanol–water partition coefficient (Wildman–Crippen LogP) is 1.89. The van der Waals surface area contributed by atoms with Crippen LogP contribution in [0.4, 0.5) is 0 Å². The van der Waals surface area contributed by atoms with Crippen LogP contribution in [0.25, 0.3) is 0 Å². The van der Waals surface area contributed by atoms with E-state index in [1.807, 2.05) is 0 Å². The van der Waals surface area contributed by atoms with E-state index < -0.39 is 8.07 Å². The first kappa shape index (κ1) is 12.2. The van der Waals surface area contributed by atoms with Crippen molar-refractivity contribution in [3.63, 3.8) is 0 Å². The first-order valence-corrected chi connectivity index (χ1v) is 9.12. The van der Waals surface area contributed by atoms with Crippen LogP contribution in [0.3, 0.4) is 0 Å². The number of rotatable bonds is 4. The van der Waals surface area contributed by atoms with E-state index in [-0.39, 0.29) is 0 Å². The van der Waals surface area contributed by atoms with Crippen molar-refractivity contribution in [3.05, 3.63) is 0 Å². The molecular weight excluding hydrogens is 188 g/mol. The lowest BCUT2D eigenvalue weighted by atomic mass is 10.4. The molecule has 84 valence electrons. The quantitative estimate of drug-likeness (QED) is 0.660. The maximum atomic E-state index is 2.69. The lowest BCUT2D eigenvalue weighted by molar-refractivity contribution is 0.170. The Morgan fingerprint density at radius 2 is 1.50 bits per heavy atom. The van der Waals surface area contributed by atoms with Gasteiger partial charge in [-0.3, -0.25) is 0 Å². The molecule has 0 radical (unpaired) electrons. The highest BCUT2D eigenvalue weighted by Crippen LogP contribution is 2.16. The molecule has 0 aromatic rings. The average molecular weight is 214 g/mol. The molecule has 2 nitrogen and oxygen atoms in total. The fourth-order valence-electron chi connectivity index (χ4n) is 2.02. The van der Waals surface area contributed by atoms with Crippen LogP contribution >= 0.6 is 0 Å². The third-order valence-corrected chi connectivity index (χ3v) is 8.53. The van der Waals surface area contributed by atoms with Gasteiger partial charge in [0.25, 0.3) is 0 Å². The molecule has 0 aromatic heterocycles. The zero-order valence-corrected chi connectivity index (χ0v) is 11.3. The minimum atomic E-state index is -0.899. The summed E-state index contributed by atoms with van der Waals surface area (Å²) in [4.78, 5) is 5.13. The average Bonchev–Trinajstić information content (AvgIpc) is 2.21. The van der Waals surface area contributed by atoms with Gasteiger partial charge in [-0.05, 0) is 13.2 Å². The highest BCUT2D eigenvalue weighted by atomic mass is 28.3. The van der Waals surface area contributed by atoms with Crippen molar-refractivity contribution in [2.45, 2.75) is 32.5 Å². The van der Waals surface area contributed by atoms with Crippen LogP contribution < -0.4 is 0 Å². The van der Waals surface area contributed by atoms with Gasteiger partial charge in [-0.25, -0.2) is 0 Å². The van der Waals surface area contributed by atoms with Crippen LogP contribution in [0.15, 0.2) is 0 Å². The smallest absolute Gasteiger partial charge is 0.0654 e. The SMILES string of the molecule is CC[Si](C)(CC)CN1CCN(C)CC1. The molecule has 0 atom stereocenters. The molecule has 0 aromatic carbocycles. The summed E-state index contributed by atoms with van der Waals surface area (Å²) >= 11 is 0. The Kier molecular flexibility index (Phi) is 4.61. The van der Waals surface area contributed by atoms with Gasteiger partial charge in [0.05, 0.1) is 8.07 Å². The fraction of sp³-hybridized carbons (Fsp3) is 1.00. The highest BCUT2D eigenvalue weighted by Gasteiger charge is 2.26. The summed E-state index contributed by atoms with van der Waals surface area (Å²) in [6.07, 6.45) is 1.42. The maximum Gasteiger partial charge on any atom is 0.0654 e. The second kappa shape index (κ2) is 5.28. The van der Waals surface area contributed by atoms with Crippen molar-refractivity contribution in [1.29, 1.82) is 0 Å². The van der Waals surface area contributed by atoms with E-state index in [4.69, 9.17) is 0 Å². The molecule has 0 amide bonds. The zero-order valence-electron chi connectivity index (χ0n) is 10.3. The summed E-state index contributed by atoms with van der Waals surface area (Å²) < 4.78 is 0. The molecule has 0 aliphatic carbocycles. The third-order valence-electron chi connectivity index (χ3n) is 3.91. The van der Waals surface area contributed by atoms with Gasteiger partial charge in [0.15, 0.2) is 0 Å². The molecule has 0 bridgehead atoms. The minimum Gasteiger partial charge on any atom is -0.304 e. The van der Waals surface area contributed by atoms with Crippen molar-refractivity contribution in [2.24, 2.45) is 0 Å². The Labute approximate surface area is 90.3 Å². The molecule has 0 unspecified atom stereocenters. The Hall–Kier alpha value is 0.137. The van der Waals surface area contributed by atoms with E-state index in [9.17, 15) is 0 Å². The van der Waals surface area contributed by atoms with Gasteiger partial charge in [-0.2, -0.15) is 0 Å². The summed E-state index contributed by atoms with van der Waals surface area (Å²) in [5, 5.41) is 0. The first-order chi connectivity index (χ1) is 6.59. The fourth-order valence-corrected chi connectivity index (χ4v) is 4.36. The molecule has 0 spiro atoms. The molecule has 1 aliphatic heterocycles. The molecule has 0 saturated carbocycles. The molecule has 0 N–H and O–H groups in total. The van der Waals surface area contributed by atoms with Gasteiger partial charge in [-0.15, -0.1) is 0 Å².